The Kier molecular flexibility index (Phi) is 12.2. The van der Waals surface area contributed by atoms with Gasteiger partial charge in [-0.15, -0.1) is 0 Å². The van der Waals surface area contributed by atoms with Gasteiger partial charge in [-0.3, -0.25) is 9.59 Å². The van der Waals surface area contributed by atoms with Crippen LogP contribution in [0, 0.1) is 17.3 Å². The summed E-state index contributed by atoms with van der Waals surface area (Å²) >= 11 is 0. The number of ether oxygens (including phenoxy) is 1. The van der Waals surface area contributed by atoms with Gasteiger partial charge in [-0.2, -0.15) is 0 Å². The molecule has 0 aromatic rings. The van der Waals surface area contributed by atoms with Crippen molar-refractivity contribution in [1.82, 2.24) is 0 Å². The van der Waals surface area contributed by atoms with Crippen molar-refractivity contribution in [2.24, 2.45) is 17.3 Å². The van der Waals surface area contributed by atoms with E-state index in [4.69, 9.17) is 0 Å². The maximum atomic E-state index is 11.2. The van der Waals surface area contributed by atoms with Crippen LogP contribution in [0.5, 0.6) is 0 Å². The zero-order valence-corrected chi connectivity index (χ0v) is 8.59. The molecule has 0 aliphatic carbocycles. The summed E-state index contributed by atoms with van der Waals surface area (Å²) in [7, 11) is 0. The summed E-state index contributed by atoms with van der Waals surface area (Å²) in [6.07, 6.45) is 0.707. The van der Waals surface area contributed by atoms with E-state index in [2.05, 4.69) is 25.5 Å². The van der Waals surface area contributed by atoms with E-state index in [1.165, 1.54) is 0 Å². The lowest BCUT2D eigenvalue weighted by Crippen LogP contribution is -2.21. The molecule has 1 aliphatic heterocycles. The number of rotatable bonds is 1. The van der Waals surface area contributed by atoms with Crippen molar-refractivity contribution >= 4 is 11.9 Å². The first kappa shape index (κ1) is 25.1. The highest BCUT2D eigenvalue weighted by Crippen LogP contribution is 2.33. The minimum absolute atomic E-state index is 0. The molecule has 2 atom stereocenters. The van der Waals surface area contributed by atoms with Crippen molar-refractivity contribution in [3.05, 3.63) is 0 Å². The molecule has 3 nitrogen and oxygen atoms in total. The molecule has 0 bridgehead atoms. The Labute approximate surface area is 108 Å². The fraction of sp³-hybridized carbons (Fsp3) is 0.857. The van der Waals surface area contributed by atoms with E-state index in [1.54, 1.807) is 6.92 Å². The van der Waals surface area contributed by atoms with Crippen LogP contribution in [0.3, 0.4) is 0 Å². The third-order valence-corrected chi connectivity index (χ3v) is 2.31. The highest BCUT2D eigenvalue weighted by molar-refractivity contribution is 5.96. The number of cyclic esters (lactones) is 2. The fourth-order valence-electron chi connectivity index (χ4n) is 1.56. The Balaban J connectivity index is -0.000000211. The van der Waals surface area contributed by atoms with Crippen molar-refractivity contribution in [1.29, 1.82) is 0 Å². The van der Waals surface area contributed by atoms with Crippen LogP contribution in [0.15, 0.2) is 0 Å². The van der Waals surface area contributed by atoms with Crippen LogP contribution in [0.4, 0.5) is 0 Å². The summed E-state index contributed by atoms with van der Waals surface area (Å²) in [5, 5.41) is 0. The first-order valence-corrected chi connectivity index (χ1v) is 4.57. The number of esters is 2. The van der Waals surface area contributed by atoms with Gasteiger partial charge in [-0.1, -0.05) is 57.4 Å². The molecule has 1 saturated heterocycles. The molecular weight excluding hydrogens is 216 g/mol. The predicted molar refractivity (Wildman–Crippen MR) is 74.7 cm³/mol. The fourth-order valence-corrected chi connectivity index (χ4v) is 1.56. The van der Waals surface area contributed by atoms with Gasteiger partial charge in [0.1, 0.15) is 0 Å². The van der Waals surface area contributed by atoms with Crippen LogP contribution in [0.2, 0.25) is 0 Å². The van der Waals surface area contributed by atoms with Gasteiger partial charge >= 0.3 is 11.9 Å². The van der Waals surface area contributed by atoms with Crippen LogP contribution in [-0.2, 0) is 14.3 Å². The van der Waals surface area contributed by atoms with Gasteiger partial charge in [-0.25, -0.2) is 0 Å². The Morgan fingerprint density at radius 1 is 1.00 bits per heavy atom. The molecule has 0 spiro atoms. The molecule has 0 aromatic carbocycles. The number of carbonyl (C=O) groups is 2. The third-order valence-electron chi connectivity index (χ3n) is 2.31. The molecule has 2 unspecified atom stereocenters. The average molecular weight is 248 g/mol. The highest BCUT2D eigenvalue weighted by Gasteiger charge is 2.42. The second-order valence-corrected chi connectivity index (χ2v) is 4.90. The van der Waals surface area contributed by atoms with Gasteiger partial charge in [0.15, 0.2) is 0 Å². The Hall–Kier alpha value is -0.860. The van der Waals surface area contributed by atoms with E-state index >= 15 is 0 Å². The maximum Gasteiger partial charge on any atom is 0.317 e. The number of hydrogen-bond acceptors (Lipinski definition) is 3. The zero-order chi connectivity index (χ0) is 10.2. The van der Waals surface area contributed by atoms with E-state index in [1.807, 2.05) is 0 Å². The van der Waals surface area contributed by atoms with Crippen molar-refractivity contribution in [3.63, 3.8) is 0 Å². The third kappa shape index (κ3) is 6.44. The highest BCUT2D eigenvalue weighted by atomic mass is 16.6. The number of carbonyl (C=O) groups excluding carboxylic acids is 2. The first-order valence-electron chi connectivity index (χ1n) is 4.57. The molecule has 0 N–H and O–H groups in total. The molecule has 0 amide bonds. The van der Waals surface area contributed by atoms with E-state index < -0.39 is 0 Å². The number of hydrogen-bond donors (Lipinski definition) is 0. The van der Waals surface area contributed by atoms with E-state index in [9.17, 15) is 9.59 Å². The van der Waals surface area contributed by atoms with E-state index in [-0.39, 0.29) is 58.9 Å². The summed E-state index contributed by atoms with van der Waals surface area (Å²) in [4.78, 5) is 22.3. The lowest BCUT2D eigenvalue weighted by atomic mass is 9.80. The summed E-state index contributed by atoms with van der Waals surface area (Å²) in [6.45, 7) is 7.91. The molecule has 1 rings (SSSR count). The van der Waals surface area contributed by atoms with Crippen LogP contribution in [0.25, 0.3) is 0 Å². The Morgan fingerprint density at radius 2 is 1.41 bits per heavy atom. The SMILES string of the molecule is C.C.C.C.CC1C(=O)OC(=O)C1CC(C)(C)C. The van der Waals surface area contributed by atoms with Crippen molar-refractivity contribution in [2.45, 2.75) is 63.8 Å². The monoisotopic (exact) mass is 248 g/mol. The summed E-state index contributed by atoms with van der Waals surface area (Å²) in [5.74, 6) is -1.24. The minimum Gasteiger partial charge on any atom is -0.393 e. The minimum atomic E-state index is -0.376. The predicted octanol–water partition coefficient (Wildman–Crippen LogP) is 4.30. The first-order chi connectivity index (χ1) is 5.81. The van der Waals surface area contributed by atoms with Crippen molar-refractivity contribution < 1.29 is 14.3 Å². The van der Waals surface area contributed by atoms with Gasteiger partial charge in [0, 0.05) is 0 Å². The molecular formula is C14H32O3. The van der Waals surface area contributed by atoms with Crippen molar-refractivity contribution in [2.75, 3.05) is 0 Å². The molecule has 3 heteroatoms. The molecule has 0 aromatic heterocycles. The van der Waals surface area contributed by atoms with Crippen LogP contribution in [-0.4, -0.2) is 11.9 Å². The molecule has 106 valence electrons. The molecule has 1 heterocycles. The van der Waals surface area contributed by atoms with Crippen LogP contribution >= 0.6 is 0 Å². The van der Waals surface area contributed by atoms with Crippen molar-refractivity contribution in [3.8, 4) is 0 Å². The Bertz CT molecular complexity index is 238. The van der Waals surface area contributed by atoms with Gasteiger partial charge in [-0.05, 0) is 11.8 Å². The molecule has 1 aliphatic rings. The molecule has 0 saturated carbocycles. The van der Waals surface area contributed by atoms with Gasteiger partial charge in [0.2, 0.25) is 0 Å². The maximum absolute atomic E-state index is 11.2. The Morgan fingerprint density at radius 3 is 1.65 bits per heavy atom. The van der Waals surface area contributed by atoms with Crippen LogP contribution < -0.4 is 0 Å². The lowest BCUT2D eigenvalue weighted by Gasteiger charge is -2.21. The average Bonchev–Trinajstić information content (AvgIpc) is 2.14. The largest absolute Gasteiger partial charge is 0.393 e. The summed E-state index contributed by atoms with van der Waals surface area (Å²) in [6, 6.07) is 0. The van der Waals surface area contributed by atoms with Crippen LogP contribution in [0.1, 0.15) is 63.8 Å². The van der Waals surface area contributed by atoms with E-state index in [0.29, 0.717) is 6.42 Å². The summed E-state index contributed by atoms with van der Waals surface area (Å²) < 4.78 is 4.55. The molecule has 0 radical (unpaired) electrons. The molecule has 17 heavy (non-hydrogen) atoms. The molecule has 1 fully saturated rings. The second-order valence-electron chi connectivity index (χ2n) is 4.90. The van der Waals surface area contributed by atoms with E-state index in [0.717, 1.165) is 0 Å². The topological polar surface area (TPSA) is 43.4 Å². The quantitative estimate of drug-likeness (QED) is 0.513. The normalized spacial score (nSPS) is 22.4. The zero-order valence-electron chi connectivity index (χ0n) is 8.59. The van der Waals surface area contributed by atoms with Gasteiger partial charge in [0.25, 0.3) is 0 Å². The summed E-state index contributed by atoms with van der Waals surface area (Å²) in [5.41, 5.74) is 0.0581. The van der Waals surface area contributed by atoms with Gasteiger partial charge < -0.3 is 4.74 Å². The smallest absolute Gasteiger partial charge is 0.317 e. The van der Waals surface area contributed by atoms with Gasteiger partial charge in [0.05, 0.1) is 11.8 Å². The standard InChI is InChI=1S/C10H16O3.4CH4/c1-6-7(5-10(2,3)4)9(12)13-8(6)11;;;;/h6-7H,5H2,1-4H3;4*1H4. The second kappa shape index (κ2) is 8.26. The lowest BCUT2D eigenvalue weighted by molar-refractivity contribution is -0.153.